The van der Waals surface area contributed by atoms with Crippen LogP contribution in [0.25, 0.3) is 0 Å². The highest BCUT2D eigenvalue weighted by Gasteiger charge is 2.49. The van der Waals surface area contributed by atoms with Crippen LogP contribution in [0.2, 0.25) is 0 Å². The number of carboxylic acid groups (broad SMARTS) is 1. The number of halogens is 2. The van der Waals surface area contributed by atoms with Crippen molar-refractivity contribution in [1.82, 2.24) is 5.32 Å². The summed E-state index contributed by atoms with van der Waals surface area (Å²) in [5.74, 6) is -6.56. The highest BCUT2D eigenvalue weighted by Crippen LogP contribution is 2.33. The number of amides is 1. The second-order valence-corrected chi connectivity index (χ2v) is 4.99. The molecular formula is C14H15F2NO3. The molecule has 0 atom stereocenters. The molecule has 1 aliphatic carbocycles. The molecule has 1 saturated carbocycles. The Morgan fingerprint density at radius 2 is 1.70 bits per heavy atom. The smallest absolute Gasteiger partial charge is 0.349 e. The summed E-state index contributed by atoms with van der Waals surface area (Å²) in [4.78, 5) is 23.1. The van der Waals surface area contributed by atoms with Crippen molar-refractivity contribution in [2.24, 2.45) is 0 Å². The van der Waals surface area contributed by atoms with E-state index in [9.17, 15) is 23.5 Å². The highest BCUT2D eigenvalue weighted by atomic mass is 19.3. The second kappa shape index (κ2) is 5.19. The molecule has 0 radical (unpaired) electrons. The van der Waals surface area contributed by atoms with Gasteiger partial charge in [-0.1, -0.05) is 43.2 Å². The number of carbonyl (C=O) groups is 2. The Morgan fingerprint density at radius 1 is 1.15 bits per heavy atom. The van der Waals surface area contributed by atoms with Crippen LogP contribution in [-0.2, 0) is 15.5 Å². The molecule has 6 heteroatoms. The van der Waals surface area contributed by atoms with Crippen LogP contribution in [0.3, 0.4) is 0 Å². The molecule has 20 heavy (non-hydrogen) atoms. The topological polar surface area (TPSA) is 66.4 Å². The quantitative estimate of drug-likeness (QED) is 0.891. The molecule has 0 unspecified atom stereocenters. The van der Waals surface area contributed by atoms with E-state index in [1.165, 1.54) is 12.1 Å². The van der Waals surface area contributed by atoms with Crippen LogP contribution in [0.5, 0.6) is 0 Å². The molecule has 2 N–H and O–H groups in total. The molecule has 4 nitrogen and oxygen atoms in total. The fourth-order valence-corrected chi connectivity index (χ4v) is 2.45. The number of carboxylic acids is 1. The van der Waals surface area contributed by atoms with Crippen LogP contribution in [0.4, 0.5) is 8.78 Å². The van der Waals surface area contributed by atoms with Gasteiger partial charge in [0.05, 0.1) is 0 Å². The summed E-state index contributed by atoms with van der Waals surface area (Å²) in [5.41, 5.74) is -2.01. The van der Waals surface area contributed by atoms with Crippen molar-refractivity contribution in [1.29, 1.82) is 0 Å². The molecule has 1 aromatic rings. The number of benzene rings is 1. The van der Waals surface area contributed by atoms with Gasteiger partial charge in [0.25, 0.3) is 5.91 Å². The zero-order chi connectivity index (χ0) is 14.8. The van der Waals surface area contributed by atoms with E-state index >= 15 is 0 Å². The lowest BCUT2D eigenvalue weighted by molar-refractivity contribution is -0.156. The minimum absolute atomic E-state index is 0.180. The molecule has 0 heterocycles. The molecule has 2 rings (SSSR count). The Labute approximate surface area is 114 Å². The zero-order valence-corrected chi connectivity index (χ0v) is 10.7. The van der Waals surface area contributed by atoms with Crippen molar-refractivity contribution in [3.05, 3.63) is 35.9 Å². The zero-order valence-electron chi connectivity index (χ0n) is 10.7. The van der Waals surface area contributed by atoms with E-state index in [-0.39, 0.29) is 12.8 Å². The van der Waals surface area contributed by atoms with Gasteiger partial charge < -0.3 is 10.4 Å². The predicted octanol–water partition coefficient (Wildman–Crippen LogP) is 2.29. The summed E-state index contributed by atoms with van der Waals surface area (Å²) in [5, 5.41) is 11.2. The van der Waals surface area contributed by atoms with Gasteiger partial charge >= 0.3 is 11.9 Å². The van der Waals surface area contributed by atoms with Gasteiger partial charge in [0.1, 0.15) is 5.54 Å². The highest BCUT2D eigenvalue weighted by molar-refractivity contribution is 5.91. The molecule has 108 valence electrons. The van der Waals surface area contributed by atoms with Crippen LogP contribution >= 0.6 is 0 Å². The molecule has 0 spiro atoms. The number of alkyl halides is 2. The lowest BCUT2D eigenvalue weighted by Crippen LogP contribution is -2.56. The van der Waals surface area contributed by atoms with Crippen molar-refractivity contribution in [3.63, 3.8) is 0 Å². The summed E-state index contributed by atoms with van der Waals surface area (Å²) < 4.78 is 28.1. The summed E-state index contributed by atoms with van der Waals surface area (Å²) in [6, 6.07) is 6.65. The number of hydrogen-bond donors (Lipinski definition) is 2. The first kappa shape index (κ1) is 14.4. The first-order valence-electron chi connectivity index (χ1n) is 6.38. The number of nitrogens with one attached hydrogen (secondary N) is 1. The van der Waals surface area contributed by atoms with Gasteiger partial charge in [-0.15, -0.1) is 0 Å². The third kappa shape index (κ3) is 2.50. The summed E-state index contributed by atoms with van der Waals surface area (Å²) in [6.45, 7) is 0. The predicted molar refractivity (Wildman–Crippen MR) is 67.3 cm³/mol. The molecule has 1 aliphatic rings. The number of aliphatic carboxylic acids is 1. The van der Waals surface area contributed by atoms with Crippen LogP contribution in [0.1, 0.15) is 31.2 Å². The largest absolute Gasteiger partial charge is 0.480 e. The van der Waals surface area contributed by atoms with Gasteiger partial charge in [0, 0.05) is 5.56 Å². The van der Waals surface area contributed by atoms with Crippen molar-refractivity contribution in [2.75, 3.05) is 0 Å². The average molecular weight is 283 g/mol. The first-order chi connectivity index (χ1) is 9.38. The number of hydrogen-bond acceptors (Lipinski definition) is 2. The van der Waals surface area contributed by atoms with Gasteiger partial charge in [0.2, 0.25) is 0 Å². The van der Waals surface area contributed by atoms with E-state index in [1.54, 1.807) is 6.07 Å². The van der Waals surface area contributed by atoms with E-state index < -0.39 is 28.9 Å². The third-order valence-electron chi connectivity index (χ3n) is 3.64. The molecular weight excluding hydrogens is 268 g/mol. The van der Waals surface area contributed by atoms with Crippen LogP contribution < -0.4 is 5.32 Å². The summed E-state index contributed by atoms with van der Waals surface area (Å²) in [6.07, 6.45) is 1.56. The normalized spacial score (nSPS) is 17.7. The van der Waals surface area contributed by atoms with Crippen molar-refractivity contribution >= 4 is 11.9 Å². The molecule has 1 fully saturated rings. The van der Waals surface area contributed by atoms with Crippen LogP contribution in [-0.4, -0.2) is 22.5 Å². The maximum atomic E-state index is 14.0. The van der Waals surface area contributed by atoms with Crippen molar-refractivity contribution in [2.45, 2.75) is 37.1 Å². The number of carbonyl (C=O) groups excluding carboxylic acids is 1. The van der Waals surface area contributed by atoms with E-state index in [0.717, 1.165) is 12.1 Å². The second-order valence-electron chi connectivity index (χ2n) is 4.99. The van der Waals surface area contributed by atoms with Crippen LogP contribution in [0, 0.1) is 0 Å². The minimum atomic E-state index is -3.74. The SMILES string of the molecule is O=C(O)C1(NC(=O)C(F)(F)c2ccccc2)CCCC1. The van der Waals surface area contributed by atoms with Gasteiger partial charge in [-0.05, 0) is 12.8 Å². The molecule has 0 aromatic heterocycles. The Morgan fingerprint density at radius 3 is 2.20 bits per heavy atom. The third-order valence-corrected chi connectivity index (χ3v) is 3.64. The van der Waals surface area contributed by atoms with E-state index in [2.05, 4.69) is 0 Å². The Hall–Kier alpha value is -1.98. The molecule has 0 bridgehead atoms. The standard InChI is InChI=1S/C14H15F2NO3/c15-14(16,10-6-2-1-3-7-10)11(18)17-13(12(19)20)8-4-5-9-13/h1-3,6-7H,4-5,8-9H2,(H,17,18)(H,19,20). The first-order valence-corrected chi connectivity index (χ1v) is 6.38. The van der Waals surface area contributed by atoms with Gasteiger partial charge in [-0.2, -0.15) is 8.78 Å². The Balaban J connectivity index is 2.21. The monoisotopic (exact) mass is 283 g/mol. The van der Waals surface area contributed by atoms with Gasteiger partial charge in [-0.25, -0.2) is 4.79 Å². The maximum Gasteiger partial charge on any atom is 0.349 e. The Bertz CT molecular complexity index is 510. The molecule has 1 amide bonds. The van der Waals surface area contributed by atoms with E-state index in [4.69, 9.17) is 0 Å². The maximum absolute atomic E-state index is 14.0. The Kier molecular flexibility index (Phi) is 3.74. The van der Waals surface area contributed by atoms with Gasteiger partial charge in [-0.3, -0.25) is 4.79 Å². The van der Waals surface area contributed by atoms with Crippen LogP contribution in [0.15, 0.2) is 30.3 Å². The molecule has 0 aliphatic heterocycles. The van der Waals surface area contributed by atoms with Gasteiger partial charge in [0.15, 0.2) is 0 Å². The molecule has 0 saturated heterocycles. The van der Waals surface area contributed by atoms with Crippen molar-refractivity contribution in [3.8, 4) is 0 Å². The number of rotatable bonds is 4. The lowest BCUT2D eigenvalue weighted by Gasteiger charge is -2.27. The lowest BCUT2D eigenvalue weighted by atomic mass is 9.96. The average Bonchev–Trinajstić information content (AvgIpc) is 2.89. The summed E-state index contributed by atoms with van der Waals surface area (Å²) in [7, 11) is 0. The summed E-state index contributed by atoms with van der Waals surface area (Å²) >= 11 is 0. The minimum Gasteiger partial charge on any atom is -0.480 e. The van der Waals surface area contributed by atoms with E-state index in [0.29, 0.717) is 12.8 Å². The molecule has 1 aromatic carbocycles. The fourth-order valence-electron chi connectivity index (χ4n) is 2.45. The van der Waals surface area contributed by atoms with Crippen molar-refractivity contribution < 1.29 is 23.5 Å². The van der Waals surface area contributed by atoms with E-state index in [1.807, 2.05) is 5.32 Å². The fraction of sp³-hybridized carbons (Fsp3) is 0.429.